The van der Waals surface area contributed by atoms with E-state index in [1.165, 1.54) is 18.1 Å². The fraction of sp³-hybridized carbons (Fsp3) is 0.538. The fourth-order valence-electron chi connectivity index (χ4n) is 2.30. The summed E-state index contributed by atoms with van der Waals surface area (Å²) in [6.07, 6.45) is 3.07. The van der Waals surface area contributed by atoms with Crippen molar-refractivity contribution in [3.63, 3.8) is 0 Å². The minimum absolute atomic E-state index is 0.525. The third-order valence-corrected chi connectivity index (χ3v) is 4.24. The maximum Gasteiger partial charge on any atom is 0.0682 e. The number of rotatable bonds is 5. The fourth-order valence-corrected chi connectivity index (χ4v) is 3.25. The van der Waals surface area contributed by atoms with E-state index in [2.05, 4.69) is 44.2 Å². The Morgan fingerprint density at radius 1 is 1.07 bits per heavy atom. The predicted octanol–water partition coefficient (Wildman–Crippen LogP) is 3.36. The highest BCUT2D eigenvalue weighted by molar-refractivity contribution is 7.41. The van der Waals surface area contributed by atoms with Crippen LogP contribution in [0.2, 0.25) is 0 Å². The van der Waals surface area contributed by atoms with Crippen LogP contribution >= 0.6 is 8.81 Å². The molecule has 1 aliphatic rings. The Hall–Kier alpha value is -0.390. The molecule has 3 unspecified atom stereocenters. The van der Waals surface area contributed by atoms with Crippen LogP contribution in [0.4, 0.5) is 0 Å². The lowest BCUT2D eigenvalue weighted by atomic mass is 10.2. The summed E-state index contributed by atoms with van der Waals surface area (Å²) >= 11 is 0. The van der Waals surface area contributed by atoms with Crippen LogP contribution in [0.3, 0.4) is 0 Å². The van der Waals surface area contributed by atoms with Gasteiger partial charge >= 0.3 is 0 Å². The number of hydrogen-bond donors (Lipinski definition) is 0. The summed E-state index contributed by atoms with van der Waals surface area (Å²) in [5.74, 6) is 1.65. The topological polar surface area (TPSA) is 9.23 Å². The number of benzene rings is 1. The Morgan fingerprint density at radius 2 is 1.67 bits per heavy atom. The summed E-state index contributed by atoms with van der Waals surface area (Å²) in [7, 11) is 0.525. The molecule has 1 saturated carbocycles. The standard InChI is InChI=1S/C13H19OP/c1-3-11-12(4-2)13(11)14-15-10-8-6-5-7-9-10/h5-9,11-13,15H,3-4H2,1-2H3. The van der Waals surface area contributed by atoms with Gasteiger partial charge in [-0.25, -0.2) is 0 Å². The van der Waals surface area contributed by atoms with E-state index < -0.39 is 0 Å². The molecule has 1 aromatic rings. The second kappa shape index (κ2) is 5.09. The van der Waals surface area contributed by atoms with Crippen molar-refractivity contribution in [2.75, 3.05) is 0 Å². The first-order valence-corrected chi connectivity index (χ1v) is 6.74. The summed E-state index contributed by atoms with van der Waals surface area (Å²) in [6.45, 7) is 4.53. The average molecular weight is 222 g/mol. The van der Waals surface area contributed by atoms with Gasteiger partial charge in [0.05, 0.1) is 6.10 Å². The highest BCUT2D eigenvalue weighted by Gasteiger charge is 2.48. The van der Waals surface area contributed by atoms with Gasteiger partial charge in [0.25, 0.3) is 0 Å². The normalized spacial score (nSPS) is 29.9. The Labute approximate surface area is 94.1 Å². The SMILES string of the molecule is CCC1C(CC)C1OPc1ccccc1. The number of hydrogen-bond acceptors (Lipinski definition) is 1. The summed E-state index contributed by atoms with van der Waals surface area (Å²) in [6, 6.07) is 10.5. The second-order valence-corrected chi connectivity index (χ2v) is 5.21. The predicted molar refractivity (Wildman–Crippen MR) is 66.8 cm³/mol. The molecule has 0 spiro atoms. The van der Waals surface area contributed by atoms with Gasteiger partial charge in [0.15, 0.2) is 0 Å². The van der Waals surface area contributed by atoms with Crippen LogP contribution in [0.15, 0.2) is 30.3 Å². The minimum atomic E-state index is 0.525. The van der Waals surface area contributed by atoms with Crippen LogP contribution in [0, 0.1) is 11.8 Å². The molecule has 82 valence electrons. The maximum atomic E-state index is 5.97. The van der Waals surface area contributed by atoms with Crippen LogP contribution in [-0.2, 0) is 4.52 Å². The van der Waals surface area contributed by atoms with Crippen molar-refractivity contribution in [2.24, 2.45) is 11.8 Å². The lowest BCUT2D eigenvalue weighted by Gasteiger charge is -2.02. The van der Waals surface area contributed by atoms with Crippen molar-refractivity contribution < 1.29 is 4.52 Å². The Morgan fingerprint density at radius 3 is 2.20 bits per heavy atom. The van der Waals surface area contributed by atoms with Crippen LogP contribution in [0.1, 0.15) is 26.7 Å². The molecule has 0 bridgehead atoms. The van der Waals surface area contributed by atoms with E-state index in [9.17, 15) is 0 Å². The molecule has 15 heavy (non-hydrogen) atoms. The van der Waals surface area contributed by atoms with Gasteiger partial charge in [-0.3, -0.25) is 0 Å². The van der Waals surface area contributed by atoms with E-state index in [1.54, 1.807) is 0 Å². The van der Waals surface area contributed by atoms with Gasteiger partial charge in [-0.15, -0.1) is 0 Å². The summed E-state index contributed by atoms with van der Waals surface area (Å²) in [5, 5.41) is 1.31. The summed E-state index contributed by atoms with van der Waals surface area (Å²) in [4.78, 5) is 0. The smallest absolute Gasteiger partial charge is 0.0682 e. The van der Waals surface area contributed by atoms with Crippen LogP contribution in [-0.4, -0.2) is 6.10 Å². The molecule has 0 saturated heterocycles. The largest absolute Gasteiger partial charge is 0.354 e. The van der Waals surface area contributed by atoms with Gasteiger partial charge in [-0.1, -0.05) is 57.0 Å². The highest BCUT2D eigenvalue weighted by Crippen LogP contribution is 2.48. The third-order valence-electron chi connectivity index (χ3n) is 3.28. The molecular formula is C13H19OP. The van der Waals surface area contributed by atoms with Gasteiger partial charge in [0.2, 0.25) is 0 Å². The molecular weight excluding hydrogens is 203 g/mol. The molecule has 0 amide bonds. The van der Waals surface area contributed by atoms with Crippen LogP contribution < -0.4 is 5.30 Å². The second-order valence-electron chi connectivity index (χ2n) is 4.19. The van der Waals surface area contributed by atoms with E-state index in [4.69, 9.17) is 4.52 Å². The van der Waals surface area contributed by atoms with Crippen molar-refractivity contribution in [1.82, 2.24) is 0 Å². The first-order chi connectivity index (χ1) is 7.36. The van der Waals surface area contributed by atoms with Crippen molar-refractivity contribution in [1.29, 1.82) is 0 Å². The van der Waals surface area contributed by atoms with Gasteiger partial charge in [-0.2, -0.15) is 0 Å². The Bertz CT molecular complexity index is 289. The van der Waals surface area contributed by atoms with Crippen molar-refractivity contribution >= 4 is 14.1 Å². The van der Waals surface area contributed by atoms with E-state index in [-0.39, 0.29) is 0 Å². The lowest BCUT2D eigenvalue weighted by Crippen LogP contribution is -1.97. The first kappa shape index (κ1) is 11.1. The molecule has 1 aliphatic carbocycles. The molecule has 0 radical (unpaired) electrons. The van der Waals surface area contributed by atoms with E-state index in [0.29, 0.717) is 14.9 Å². The van der Waals surface area contributed by atoms with Gasteiger partial charge in [0.1, 0.15) is 0 Å². The molecule has 1 aromatic carbocycles. The maximum absolute atomic E-state index is 5.97. The zero-order valence-corrected chi connectivity index (χ0v) is 10.4. The molecule has 0 aromatic heterocycles. The molecule has 0 aliphatic heterocycles. The summed E-state index contributed by atoms with van der Waals surface area (Å²) in [5.41, 5.74) is 0. The monoisotopic (exact) mass is 222 g/mol. The van der Waals surface area contributed by atoms with E-state index in [0.717, 1.165) is 11.8 Å². The van der Waals surface area contributed by atoms with Gasteiger partial charge < -0.3 is 4.52 Å². The zero-order valence-electron chi connectivity index (χ0n) is 9.44. The molecule has 2 rings (SSSR count). The van der Waals surface area contributed by atoms with Crippen molar-refractivity contribution in [3.05, 3.63) is 30.3 Å². The van der Waals surface area contributed by atoms with Crippen molar-refractivity contribution in [2.45, 2.75) is 32.8 Å². The lowest BCUT2D eigenvalue weighted by molar-refractivity contribution is 0.314. The van der Waals surface area contributed by atoms with Gasteiger partial charge in [0, 0.05) is 8.81 Å². The third kappa shape index (κ3) is 2.59. The summed E-state index contributed by atoms with van der Waals surface area (Å²) < 4.78 is 5.97. The highest BCUT2D eigenvalue weighted by atomic mass is 31.1. The van der Waals surface area contributed by atoms with Crippen LogP contribution in [0.25, 0.3) is 0 Å². The molecule has 0 N–H and O–H groups in total. The quantitative estimate of drug-likeness (QED) is 0.694. The zero-order chi connectivity index (χ0) is 10.7. The minimum Gasteiger partial charge on any atom is -0.354 e. The van der Waals surface area contributed by atoms with Crippen LogP contribution in [0.5, 0.6) is 0 Å². The Balaban J connectivity index is 1.80. The molecule has 3 atom stereocenters. The first-order valence-electron chi connectivity index (χ1n) is 5.83. The molecule has 2 heteroatoms. The molecule has 1 nitrogen and oxygen atoms in total. The van der Waals surface area contributed by atoms with Crippen molar-refractivity contribution in [3.8, 4) is 0 Å². The molecule has 1 fully saturated rings. The van der Waals surface area contributed by atoms with Gasteiger partial charge in [-0.05, 0) is 17.1 Å². The average Bonchev–Trinajstić information content (AvgIpc) is 3.00. The Kier molecular flexibility index (Phi) is 3.77. The van der Waals surface area contributed by atoms with E-state index in [1.807, 2.05) is 0 Å². The molecule has 0 heterocycles. The van der Waals surface area contributed by atoms with E-state index >= 15 is 0 Å².